The number of carboxylic acid groups (broad SMARTS) is 1. The van der Waals surface area contributed by atoms with Crippen molar-refractivity contribution < 1.29 is 19.8 Å². The molecule has 1 saturated carbocycles. The zero-order valence-corrected chi connectivity index (χ0v) is 9.87. The summed E-state index contributed by atoms with van der Waals surface area (Å²) in [6, 6.07) is -0.296. The summed E-state index contributed by atoms with van der Waals surface area (Å²) in [5.74, 6) is -0.860. The molecule has 98 valence electrons. The molecule has 1 aliphatic rings. The Labute approximate surface area is 100 Å². The third-order valence-corrected chi connectivity index (χ3v) is 3.23. The van der Waals surface area contributed by atoms with Crippen molar-refractivity contribution in [2.75, 3.05) is 19.7 Å². The minimum Gasteiger partial charge on any atom is -0.481 e. The van der Waals surface area contributed by atoms with Crippen LogP contribution in [0.5, 0.6) is 0 Å². The summed E-state index contributed by atoms with van der Waals surface area (Å²) in [5.41, 5.74) is -0.127. The molecule has 0 atom stereocenters. The first-order chi connectivity index (χ1) is 8.08. The highest BCUT2D eigenvalue weighted by Gasteiger charge is 2.36. The second kappa shape index (κ2) is 6.44. The second-order valence-corrected chi connectivity index (χ2v) is 4.62. The standard InChI is InChI=1S/C11H20N2O4/c14-8-11(4-2-5-11)7-13-10(17)12-6-1-3-9(15)16/h14H,1-8H2,(H,15,16)(H2,12,13,17). The van der Waals surface area contributed by atoms with Gasteiger partial charge in [-0.1, -0.05) is 6.42 Å². The van der Waals surface area contributed by atoms with Crippen molar-refractivity contribution in [3.8, 4) is 0 Å². The quantitative estimate of drug-likeness (QED) is 0.484. The number of carbonyl (C=O) groups excluding carboxylic acids is 1. The Morgan fingerprint density at radius 1 is 1.24 bits per heavy atom. The summed E-state index contributed by atoms with van der Waals surface area (Å²) < 4.78 is 0. The number of aliphatic carboxylic acids is 1. The number of aliphatic hydroxyl groups is 1. The van der Waals surface area contributed by atoms with E-state index in [4.69, 9.17) is 5.11 Å². The van der Waals surface area contributed by atoms with E-state index >= 15 is 0 Å². The van der Waals surface area contributed by atoms with Crippen molar-refractivity contribution in [2.24, 2.45) is 5.41 Å². The maximum atomic E-state index is 11.3. The molecule has 0 saturated heterocycles. The van der Waals surface area contributed by atoms with Gasteiger partial charge in [-0.3, -0.25) is 4.79 Å². The molecule has 4 N–H and O–H groups in total. The van der Waals surface area contributed by atoms with E-state index in [-0.39, 0.29) is 24.5 Å². The topological polar surface area (TPSA) is 98.7 Å². The molecule has 0 aromatic carbocycles. The molecular formula is C11H20N2O4. The maximum absolute atomic E-state index is 11.3. The van der Waals surface area contributed by atoms with Crippen LogP contribution in [0.2, 0.25) is 0 Å². The van der Waals surface area contributed by atoms with E-state index in [0.717, 1.165) is 19.3 Å². The van der Waals surface area contributed by atoms with Crippen molar-refractivity contribution in [1.29, 1.82) is 0 Å². The van der Waals surface area contributed by atoms with E-state index < -0.39 is 5.97 Å². The molecule has 0 heterocycles. The maximum Gasteiger partial charge on any atom is 0.314 e. The molecule has 1 rings (SSSR count). The van der Waals surface area contributed by atoms with Gasteiger partial charge >= 0.3 is 12.0 Å². The molecule has 1 aliphatic carbocycles. The van der Waals surface area contributed by atoms with Crippen molar-refractivity contribution in [3.05, 3.63) is 0 Å². The molecule has 0 spiro atoms. The summed E-state index contributed by atoms with van der Waals surface area (Å²) in [5, 5.41) is 22.9. The fraction of sp³-hybridized carbons (Fsp3) is 0.818. The first-order valence-electron chi connectivity index (χ1n) is 5.92. The van der Waals surface area contributed by atoms with Gasteiger partial charge in [-0.15, -0.1) is 0 Å². The van der Waals surface area contributed by atoms with Gasteiger partial charge < -0.3 is 20.8 Å². The summed E-state index contributed by atoms with van der Waals surface area (Å²) in [4.78, 5) is 21.6. The zero-order chi connectivity index (χ0) is 12.7. The van der Waals surface area contributed by atoms with Gasteiger partial charge in [-0.25, -0.2) is 4.79 Å². The zero-order valence-electron chi connectivity index (χ0n) is 9.87. The molecule has 6 nitrogen and oxygen atoms in total. The Bertz CT molecular complexity index is 271. The van der Waals surface area contributed by atoms with E-state index in [9.17, 15) is 14.7 Å². The van der Waals surface area contributed by atoms with Crippen molar-refractivity contribution >= 4 is 12.0 Å². The van der Waals surface area contributed by atoms with E-state index in [1.54, 1.807) is 0 Å². The first kappa shape index (κ1) is 13.8. The van der Waals surface area contributed by atoms with Crippen LogP contribution in [0.1, 0.15) is 32.1 Å². The van der Waals surface area contributed by atoms with Gasteiger partial charge in [0.05, 0.1) is 6.61 Å². The lowest BCUT2D eigenvalue weighted by atomic mass is 9.69. The second-order valence-electron chi connectivity index (χ2n) is 4.62. The number of nitrogens with one attached hydrogen (secondary N) is 2. The van der Waals surface area contributed by atoms with Crippen LogP contribution >= 0.6 is 0 Å². The smallest absolute Gasteiger partial charge is 0.314 e. The highest BCUT2D eigenvalue weighted by molar-refractivity contribution is 5.74. The predicted molar refractivity (Wildman–Crippen MR) is 61.6 cm³/mol. The molecule has 2 amide bonds. The van der Waals surface area contributed by atoms with Gasteiger partial charge in [0.1, 0.15) is 0 Å². The number of carboxylic acids is 1. The molecule has 0 aromatic rings. The van der Waals surface area contributed by atoms with E-state index in [1.807, 2.05) is 0 Å². The van der Waals surface area contributed by atoms with Crippen molar-refractivity contribution in [1.82, 2.24) is 10.6 Å². The SMILES string of the molecule is O=C(O)CCCNC(=O)NCC1(CO)CCC1. The lowest BCUT2D eigenvalue weighted by Gasteiger charge is -2.40. The van der Waals surface area contributed by atoms with Crippen molar-refractivity contribution in [2.45, 2.75) is 32.1 Å². The number of aliphatic hydroxyl groups excluding tert-OH is 1. The van der Waals surface area contributed by atoms with Crippen LogP contribution in [0.3, 0.4) is 0 Å². The minimum atomic E-state index is -0.860. The molecule has 0 aromatic heterocycles. The summed E-state index contributed by atoms with van der Waals surface area (Å²) in [7, 11) is 0. The summed E-state index contributed by atoms with van der Waals surface area (Å²) in [6.07, 6.45) is 3.48. The molecular weight excluding hydrogens is 224 g/mol. The minimum absolute atomic E-state index is 0.0564. The van der Waals surface area contributed by atoms with Gasteiger partial charge in [-0.05, 0) is 19.3 Å². The largest absolute Gasteiger partial charge is 0.481 e. The third-order valence-electron chi connectivity index (χ3n) is 3.23. The van der Waals surface area contributed by atoms with Crippen LogP contribution in [0.15, 0.2) is 0 Å². The average molecular weight is 244 g/mol. The van der Waals surface area contributed by atoms with Crippen LogP contribution in [0, 0.1) is 5.41 Å². The fourth-order valence-corrected chi connectivity index (χ4v) is 1.84. The Balaban J connectivity index is 2.07. The van der Waals surface area contributed by atoms with Gasteiger partial charge in [-0.2, -0.15) is 0 Å². The number of hydrogen-bond donors (Lipinski definition) is 4. The number of carbonyl (C=O) groups is 2. The Kier molecular flexibility index (Phi) is 5.21. The molecule has 0 radical (unpaired) electrons. The number of urea groups is 1. The predicted octanol–water partition coefficient (Wildman–Crippen LogP) is 0.313. The van der Waals surface area contributed by atoms with E-state index in [1.165, 1.54) is 0 Å². The van der Waals surface area contributed by atoms with Gasteiger partial charge in [0, 0.05) is 24.9 Å². The third kappa shape index (κ3) is 4.60. The Morgan fingerprint density at radius 3 is 2.41 bits per heavy atom. The molecule has 0 bridgehead atoms. The van der Waals surface area contributed by atoms with Crippen LogP contribution in [-0.4, -0.2) is 41.9 Å². The first-order valence-corrected chi connectivity index (χ1v) is 5.92. The van der Waals surface area contributed by atoms with Crippen LogP contribution in [0.4, 0.5) is 4.79 Å². The van der Waals surface area contributed by atoms with Gasteiger partial charge in [0.25, 0.3) is 0 Å². The van der Waals surface area contributed by atoms with Gasteiger partial charge in [0.15, 0.2) is 0 Å². The fourth-order valence-electron chi connectivity index (χ4n) is 1.84. The average Bonchev–Trinajstić information content (AvgIpc) is 2.23. The van der Waals surface area contributed by atoms with Crippen LogP contribution in [0.25, 0.3) is 0 Å². The van der Waals surface area contributed by atoms with Crippen molar-refractivity contribution in [3.63, 3.8) is 0 Å². The highest BCUT2D eigenvalue weighted by atomic mass is 16.4. The normalized spacial score (nSPS) is 17.0. The van der Waals surface area contributed by atoms with Crippen LogP contribution in [-0.2, 0) is 4.79 Å². The molecule has 0 aliphatic heterocycles. The monoisotopic (exact) mass is 244 g/mol. The Morgan fingerprint density at radius 2 is 1.94 bits per heavy atom. The van der Waals surface area contributed by atoms with Crippen LogP contribution < -0.4 is 10.6 Å². The summed E-state index contributed by atoms with van der Waals surface area (Å²) >= 11 is 0. The molecule has 17 heavy (non-hydrogen) atoms. The lowest BCUT2D eigenvalue weighted by molar-refractivity contribution is -0.137. The van der Waals surface area contributed by atoms with E-state index in [2.05, 4.69) is 10.6 Å². The summed E-state index contributed by atoms with van der Waals surface area (Å²) in [6.45, 7) is 0.935. The number of rotatable bonds is 7. The molecule has 0 unspecified atom stereocenters. The highest BCUT2D eigenvalue weighted by Crippen LogP contribution is 2.39. The molecule has 1 fully saturated rings. The number of amides is 2. The molecule has 6 heteroatoms. The Hall–Kier alpha value is -1.30. The van der Waals surface area contributed by atoms with Gasteiger partial charge in [0.2, 0.25) is 0 Å². The van der Waals surface area contributed by atoms with E-state index in [0.29, 0.717) is 19.5 Å². The lowest BCUT2D eigenvalue weighted by Crippen LogP contribution is -2.47. The number of hydrogen-bond acceptors (Lipinski definition) is 3.